The van der Waals surface area contributed by atoms with Gasteiger partial charge in [0.15, 0.2) is 0 Å². The average molecular weight is 288 g/mol. The first-order valence-corrected chi connectivity index (χ1v) is 7.14. The highest BCUT2D eigenvalue weighted by molar-refractivity contribution is 5.71. The van der Waals surface area contributed by atoms with Gasteiger partial charge in [-0.25, -0.2) is 0 Å². The fraction of sp³-hybridized carbons (Fsp3) is 0.500. The molecular formula is C16H20N2O3. The molecule has 0 heterocycles. The van der Waals surface area contributed by atoms with Crippen molar-refractivity contribution in [2.24, 2.45) is 0 Å². The molecule has 0 amide bonds. The van der Waals surface area contributed by atoms with Crippen molar-refractivity contribution < 1.29 is 14.3 Å². The molecule has 0 N–H and O–H groups in total. The number of hydrogen-bond acceptors (Lipinski definition) is 5. The maximum absolute atomic E-state index is 11.7. The van der Waals surface area contributed by atoms with Crippen LogP contribution in [0, 0.1) is 11.3 Å². The van der Waals surface area contributed by atoms with Crippen LogP contribution in [0.25, 0.3) is 0 Å². The van der Waals surface area contributed by atoms with E-state index in [1.165, 1.54) is 0 Å². The third-order valence-electron chi connectivity index (χ3n) is 3.47. The molecule has 2 rings (SSSR count). The number of nitrogens with zero attached hydrogens (tertiary/aromatic N) is 2. The molecule has 5 nitrogen and oxygen atoms in total. The van der Waals surface area contributed by atoms with E-state index < -0.39 is 0 Å². The highest BCUT2D eigenvalue weighted by Crippen LogP contribution is 2.29. The van der Waals surface area contributed by atoms with E-state index in [9.17, 15) is 4.79 Å². The molecule has 112 valence electrons. The van der Waals surface area contributed by atoms with Gasteiger partial charge in [-0.2, -0.15) is 5.26 Å². The van der Waals surface area contributed by atoms with Crippen molar-refractivity contribution in [3.05, 3.63) is 29.3 Å². The van der Waals surface area contributed by atoms with Crippen LogP contribution < -0.4 is 4.74 Å². The van der Waals surface area contributed by atoms with Crippen molar-refractivity contribution in [3.8, 4) is 11.8 Å². The minimum absolute atomic E-state index is 0.196. The second-order valence-corrected chi connectivity index (χ2v) is 5.09. The van der Waals surface area contributed by atoms with E-state index in [0.29, 0.717) is 37.1 Å². The summed E-state index contributed by atoms with van der Waals surface area (Å²) in [5, 5.41) is 9.13. The molecule has 0 unspecified atom stereocenters. The lowest BCUT2D eigenvalue weighted by Gasteiger charge is -2.21. The third-order valence-corrected chi connectivity index (χ3v) is 3.47. The molecule has 21 heavy (non-hydrogen) atoms. The molecule has 0 saturated heterocycles. The van der Waals surface area contributed by atoms with Crippen molar-refractivity contribution in [2.45, 2.75) is 32.4 Å². The zero-order valence-electron chi connectivity index (χ0n) is 12.5. The number of carbonyl (C=O) groups is 1. The first-order valence-electron chi connectivity index (χ1n) is 7.14. The summed E-state index contributed by atoms with van der Waals surface area (Å²) in [5.74, 6) is 0.378. The summed E-state index contributed by atoms with van der Waals surface area (Å²) in [7, 11) is 1.55. The monoisotopic (exact) mass is 288 g/mol. The second-order valence-electron chi connectivity index (χ2n) is 5.09. The van der Waals surface area contributed by atoms with Crippen LogP contribution in [0.1, 0.15) is 30.9 Å². The molecule has 0 spiro atoms. The van der Waals surface area contributed by atoms with E-state index in [-0.39, 0.29) is 5.97 Å². The number of rotatable bonds is 7. The summed E-state index contributed by atoms with van der Waals surface area (Å²) >= 11 is 0. The van der Waals surface area contributed by atoms with E-state index in [1.54, 1.807) is 13.2 Å². The first kappa shape index (κ1) is 15.3. The van der Waals surface area contributed by atoms with E-state index in [1.807, 2.05) is 19.1 Å². The summed E-state index contributed by atoms with van der Waals surface area (Å²) in [5.41, 5.74) is 1.52. The second kappa shape index (κ2) is 7.09. The van der Waals surface area contributed by atoms with E-state index in [0.717, 1.165) is 18.4 Å². The van der Waals surface area contributed by atoms with Crippen molar-refractivity contribution >= 4 is 5.97 Å². The molecule has 1 aliphatic carbocycles. The average Bonchev–Trinajstić information content (AvgIpc) is 3.31. The number of ether oxygens (including phenoxy) is 2. The standard InChI is InChI=1S/C16H20N2O3/c1-3-21-16(19)11-18(14-5-6-14)10-12-4-7-15(20-2)13(8-12)9-17/h4,7-8,14H,3,5-6,10-11H2,1-2H3. The SMILES string of the molecule is CCOC(=O)CN(Cc1ccc(OC)c(C#N)c1)C1CC1. The number of carbonyl (C=O) groups excluding carboxylic acids is 1. The lowest BCUT2D eigenvalue weighted by atomic mass is 10.1. The van der Waals surface area contributed by atoms with Crippen LogP contribution in [-0.2, 0) is 16.1 Å². The largest absolute Gasteiger partial charge is 0.495 e. The molecular weight excluding hydrogens is 268 g/mol. The first-order chi connectivity index (χ1) is 10.2. The Balaban J connectivity index is 2.07. The Labute approximate surface area is 125 Å². The van der Waals surface area contributed by atoms with Crippen LogP contribution in [-0.4, -0.2) is 37.2 Å². The lowest BCUT2D eigenvalue weighted by Crippen LogP contribution is -2.32. The maximum atomic E-state index is 11.7. The summed E-state index contributed by atoms with van der Waals surface area (Å²) < 4.78 is 10.2. The van der Waals surface area contributed by atoms with Crippen LogP contribution in [0.2, 0.25) is 0 Å². The summed E-state index contributed by atoms with van der Waals surface area (Å²) in [6, 6.07) is 8.12. The van der Waals surface area contributed by atoms with Crippen LogP contribution >= 0.6 is 0 Å². The Morgan fingerprint density at radius 1 is 1.48 bits per heavy atom. The van der Waals surface area contributed by atoms with Crippen LogP contribution in [0.5, 0.6) is 5.75 Å². The molecule has 1 fully saturated rings. The molecule has 1 aliphatic rings. The molecule has 0 aromatic heterocycles. The van der Waals surface area contributed by atoms with Gasteiger partial charge in [-0.3, -0.25) is 9.69 Å². The molecule has 5 heteroatoms. The minimum Gasteiger partial charge on any atom is -0.495 e. The fourth-order valence-electron chi connectivity index (χ4n) is 2.30. The highest BCUT2D eigenvalue weighted by atomic mass is 16.5. The topological polar surface area (TPSA) is 62.6 Å². The van der Waals surface area contributed by atoms with Crippen molar-refractivity contribution in [1.29, 1.82) is 5.26 Å². The molecule has 1 aromatic rings. The number of esters is 1. The van der Waals surface area contributed by atoms with Crippen LogP contribution in [0.4, 0.5) is 0 Å². The van der Waals surface area contributed by atoms with Gasteiger partial charge in [-0.05, 0) is 37.5 Å². The van der Waals surface area contributed by atoms with E-state index >= 15 is 0 Å². The predicted molar refractivity (Wildman–Crippen MR) is 77.8 cm³/mol. The fourth-order valence-corrected chi connectivity index (χ4v) is 2.30. The lowest BCUT2D eigenvalue weighted by molar-refractivity contribution is -0.144. The third kappa shape index (κ3) is 4.20. The smallest absolute Gasteiger partial charge is 0.320 e. The molecule has 0 bridgehead atoms. The number of methoxy groups -OCH3 is 1. The molecule has 0 aliphatic heterocycles. The van der Waals surface area contributed by atoms with E-state index in [2.05, 4.69) is 11.0 Å². The van der Waals surface area contributed by atoms with Crippen LogP contribution in [0.15, 0.2) is 18.2 Å². The highest BCUT2D eigenvalue weighted by Gasteiger charge is 2.30. The quantitative estimate of drug-likeness (QED) is 0.719. The molecule has 0 atom stereocenters. The van der Waals surface area contributed by atoms with Gasteiger partial charge in [0.05, 0.1) is 25.8 Å². The van der Waals surface area contributed by atoms with E-state index in [4.69, 9.17) is 14.7 Å². The van der Waals surface area contributed by atoms with Gasteiger partial charge in [-0.15, -0.1) is 0 Å². The molecule has 0 radical (unpaired) electrons. The Hall–Kier alpha value is -2.06. The molecule has 1 aromatic carbocycles. The van der Waals surface area contributed by atoms with Gasteiger partial charge in [0.25, 0.3) is 0 Å². The Bertz CT molecular complexity index is 547. The number of hydrogen-bond donors (Lipinski definition) is 0. The van der Waals surface area contributed by atoms with Gasteiger partial charge >= 0.3 is 5.97 Å². The Morgan fingerprint density at radius 3 is 2.81 bits per heavy atom. The summed E-state index contributed by atoms with van der Waals surface area (Å²) in [6.45, 7) is 3.15. The Morgan fingerprint density at radius 2 is 2.24 bits per heavy atom. The zero-order chi connectivity index (χ0) is 15.2. The summed E-state index contributed by atoms with van der Waals surface area (Å²) in [4.78, 5) is 13.8. The van der Waals surface area contributed by atoms with Gasteiger partial charge < -0.3 is 9.47 Å². The van der Waals surface area contributed by atoms with Gasteiger partial charge in [0.2, 0.25) is 0 Å². The van der Waals surface area contributed by atoms with Gasteiger partial charge in [-0.1, -0.05) is 6.07 Å². The number of benzene rings is 1. The number of nitriles is 1. The predicted octanol–water partition coefficient (Wildman–Crippen LogP) is 2.09. The van der Waals surface area contributed by atoms with Crippen molar-refractivity contribution in [3.63, 3.8) is 0 Å². The van der Waals surface area contributed by atoms with Gasteiger partial charge in [0.1, 0.15) is 11.8 Å². The Kier molecular flexibility index (Phi) is 5.18. The summed E-state index contributed by atoms with van der Waals surface area (Å²) in [6.07, 6.45) is 2.22. The molecule has 1 saturated carbocycles. The minimum atomic E-state index is -0.196. The van der Waals surface area contributed by atoms with Gasteiger partial charge in [0, 0.05) is 12.6 Å². The zero-order valence-corrected chi connectivity index (χ0v) is 12.5. The van der Waals surface area contributed by atoms with Crippen molar-refractivity contribution in [1.82, 2.24) is 4.90 Å². The van der Waals surface area contributed by atoms with Crippen molar-refractivity contribution in [2.75, 3.05) is 20.3 Å². The maximum Gasteiger partial charge on any atom is 0.320 e. The van der Waals surface area contributed by atoms with Crippen LogP contribution in [0.3, 0.4) is 0 Å². The normalized spacial score (nSPS) is 13.8.